The molecular formula is C13H18Cl2N2O. The Morgan fingerprint density at radius 1 is 1.33 bits per heavy atom. The Morgan fingerprint density at radius 2 is 2.00 bits per heavy atom. The lowest BCUT2D eigenvalue weighted by Gasteiger charge is -2.20. The number of hydrogen-bond donors (Lipinski definition) is 2. The fourth-order valence-corrected chi connectivity index (χ4v) is 2.29. The SMILES string of the molecule is CCNC(=O)C(C)NC(C)c1ccc(Cl)cc1Cl. The van der Waals surface area contributed by atoms with E-state index in [1.807, 2.05) is 26.8 Å². The molecule has 1 aromatic carbocycles. The number of likely N-dealkylation sites (N-methyl/N-ethyl adjacent to an activating group) is 1. The van der Waals surface area contributed by atoms with Crippen molar-refractivity contribution in [2.24, 2.45) is 0 Å². The van der Waals surface area contributed by atoms with Crippen molar-refractivity contribution in [3.05, 3.63) is 33.8 Å². The molecule has 0 aliphatic rings. The van der Waals surface area contributed by atoms with E-state index in [2.05, 4.69) is 10.6 Å². The molecule has 0 spiro atoms. The molecule has 2 unspecified atom stereocenters. The molecule has 0 aliphatic heterocycles. The fraction of sp³-hybridized carbons (Fsp3) is 0.462. The first-order valence-electron chi connectivity index (χ1n) is 5.94. The van der Waals surface area contributed by atoms with Crippen molar-refractivity contribution in [1.29, 1.82) is 0 Å². The Bertz CT molecular complexity index is 423. The van der Waals surface area contributed by atoms with Crippen LogP contribution in [0.1, 0.15) is 32.4 Å². The number of carbonyl (C=O) groups excluding carboxylic acids is 1. The minimum atomic E-state index is -0.272. The smallest absolute Gasteiger partial charge is 0.236 e. The van der Waals surface area contributed by atoms with E-state index >= 15 is 0 Å². The average molecular weight is 289 g/mol. The van der Waals surface area contributed by atoms with E-state index in [4.69, 9.17) is 23.2 Å². The molecule has 2 atom stereocenters. The maximum atomic E-state index is 11.6. The van der Waals surface area contributed by atoms with Crippen LogP contribution in [0.15, 0.2) is 18.2 Å². The molecule has 1 aromatic rings. The van der Waals surface area contributed by atoms with Gasteiger partial charge in [-0.1, -0.05) is 29.3 Å². The Hall–Kier alpha value is -0.770. The van der Waals surface area contributed by atoms with E-state index in [1.165, 1.54) is 0 Å². The molecule has 0 radical (unpaired) electrons. The fourth-order valence-electron chi connectivity index (χ4n) is 1.72. The van der Waals surface area contributed by atoms with E-state index in [0.717, 1.165) is 5.56 Å². The van der Waals surface area contributed by atoms with Crippen molar-refractivity contribution in [1.82, 2.24) is 10.6 Å². The molecule has 0 bridgehead atoms. The van der Waals surface area contributed by atoms with Gasteiger partial charge in [0.15, 0.2) is 0 Å². The van der Waals surface area contributed by atoms with Gasteiger partial charge in [-0.2, -0.15) is 0 Å². The summed E-state index contributed by atoms with van der Waals surface area (Å²) in [6, 6.07) is 5.07. The molecule has 0 aliphatic carbocycles. The molecule has 1 amide bonds. The summed E-state index contributed by atoms with van der Waals surface area (Å²) in [6.07, 6.45) is 0. The zero-order valence-corrected chi connectivity index (χ0v) is 12.3. The molecule has 1 rings (SSSR count). The molecule has 5 heteroatoms. The lowest BCUT2D eigenvalue weighted by atomic mass is 10.1. The second-order valence-corrected chi connectivity index (χ2v) is 5.01. The topological polar surface area (TPSA) is 41.1 Å². The number of nitrogens with one attached hydrogen (secondary N) is 2. The van der Waals surface area contributed by atoms with Crippen LogP contribution in [0.5, 0.6) is 0 Å². The first kappa shape index (κ1) is 15.3. The van der Waals surface area contributed by atoms with Gasteiger partial charge in [0.2, 0.25) is 5.91 Å². The van der Waals surface area contributed by atoms with Gasteiger partial charge in [0, 0.05) is 22.6 Å². The van der Waals surface area contributed by atoms with Gasteiger partial charge in [-0.05, 0) is 38.5 Å². The molecule has 100 valence electrons. The number of halogens is 2. The zero-order chi connectivity index (χ0) is 13.7. The first-order chi connectivity index (χ1) is 8.45. The second kappa shape index (κ2) is 6.98. The quantitative estimate of drug-likeness (QED) is 0.874. The summed E-state index contributed by atoms with van der Waals surface area (Å²) in [5.41, 5.74) is 0.928. The van der Waals surface area contributed by atoms with Crippen molar-refractivity contribution < 1.29 is 4.79 Å². The summed E-state index contributed by atoms with van der Waals surface area (Å²) in [7, 11) is 0. The third-order valence-electron chi connectivity index (χ3n) is 2.67. The van der Waals surface area contributed by atoms with Crippen LogP contribution in [-0.4, -0.2) is 18.5 Å². The highest BCUT2D eigenvalue weighted by Crippen LogP contribution is 2.26. The number of rotatable bonds is 5. The minimum absolute atomic E-state index is 0.0190. The number of amides is 1. The Morgan fingerprint density at radius 3 is 2.56 bits per heavy atom. The standard InChI is InChI=1S/C13H18Cl2N2O/c1-4-16-13(18)9(3)17-8(2)11-6-5-10(14)7-12(11)15/h5-9,17H,4H2,1-3H3,(H,16,18). The summed E-state index contributed by atoms with van der Waals surface area (Å²) in [6.45, 7) is 6.31. The monoisotopic (exact) mass is 288 g/mol. The molecule has 0 heterocycles. The Labute approximate surface area is 118 Å². The lowest BCUT2D eigenvalue weighted by Crippen LogP contribution is -2.43. The zero-order valence-electron chi connectivity index (χ0n) is 10.8. The van der Waals surface area contributed by atoms with Crippen LogP contribution in [0.3, 0.4) is 0 Å². The summed E-state index contributed by atoms with van der Waals surface area (Å²) in [5.74, 6) is -0.0190. The normalized spacial score (nSPS) is 14.1. The van der Waals surface area contributed by atoms with E-state index in [9.17, 15) is 4.79 Å². The van der Waals surface area contributed by atoms with Crippen LogP contribution in [-0.2, 0) is 4.79 Å². The number of benzene rings is 1. The van der Waals surface area contributed by atoms with Gasteiger partial charge in [-0.3, -0.25) is 10.1 Å². The van der Waals surface area contributed by atoms with Crippen molar-refractivity contribution in [3.8, 4) is 0 Å². The maximum Gasteiger partial charge on any atom is 0.236 e. The second-order valence-electron chi connectivity index (χ2n) is 4.17. The Kier molecular flexibility index (Phi) is 5.93. The molecule has 18 heavy (non-hydrogen) atoms. The first-order valence-corrected chi connectivity index (χ1v) is 6.70. The van der Waals surface area contributed by atoms with Crippen molar-refractivity contribution in [2.45, 2.75) is 32.9 Å². The van der Waals surface area contributed by atoms with Crippen molar-refractivity contribution in [3.63, 3.8) is 0 Å². The third kappa shape index (κ3) is 4.16. The van der Waals surface area contributed by atoms with Gasteiger partial charge < -0.3 is 5.32 Å². The summed E-state index contributed by atoms with van der Waals surface area (Å²) >= 11 is 12.0. The van der Waals surface area contributed by atoms with Crippen LogP contribution in [0.2, 0.25) is 10.0 Å². The molecular weight excluding hydrogens is 271 g/mol. The number of hydrogen-bond acceptors (Lipinski definition) is 2. The van der Waals surface area contributed by atoms with Gasteiger partial charge in [-0.25, -0.2) is 0 Å². The highest BCUT2D eigenvalue weighted by Gasteiger charge is 2.17. The van der Waals surface area contributed by atoms with E-state index in [1.54, 1.807) is 12.1 Å². The highest BCUT2D eigenvalue weighted by molar-refractivity contribution is 6.35. The highest BCUT2D eigenvalue weighted by atomic mass is 35.5. The van der Waals surface area contributed by atoms with Crippen molar-refractivity contribution >= 4 is 29.1 Å². The van der Waals surface area contributed by atoms with E-state index in [-0.39, 0.29) is 18.0 Å². The van der Waals surface area contributed by atoms with Gasteiger partial charge in [0.05, 0.1) is 6.04 Å². The third-order valence-corrected chi connectivity index (χ3v) is 3.24. The maximum absolute atomic E-state index is 11.6. The number of carbonyl (C=O) groups is 1. The molecule has 0 saturated heterocycles. The molecule has 0 saturated carbocycles. The average Bonchev–Trinajstić information content (AvgIpc) is 2.28. The van der Waals surface area contributed by atoms with Crippen LogP contribution in [0, 0.1) is 0 Å². The predicted molar refractivity (Wildman–Crippen MR) is 76.2 cm³/mol. The molecule has 2 N–H and O–H groups in total. The summed E-state index contributed by atoms with van der Waals surface area (Å²) < 4.78 is 0. The van der Waals surface area contributed by atoms with Gasteiger partial charge in [-0.15, -0.1) is 0 Å². The van der Waals surface area contributed by atoms with Crippen molar-refractivity contribution in [2.75, 3.05) is 6.54 Å². The van der Waals surface area contributed by atoms with Crippen LogP contribution in [0.25, 0.3) is 0 Å². The van der Waals surface area contributed by atoms with E-state index in [0.29, 0.717) is 16.6 Å². The van der Waals surface area contributed by atoms with Crippen LogP contribution < -0.4 is 10.6 Å². The summed E-state index contributed by atoms with van der Waals surface area (Å²) in [5, 5.41) is 7.18. The van der Waals surface area contributed by atoms with E-state index < -0.39 is 0 Å². The minimum Gasteiger partial charge on any atom is -0.355 e. The van der Waals surface area contributed by atoms with Crippen LogP contribution >= 0.6 is 23.2 Å². The largest absolute Gasteiger partial charge is 0.355 e. The van der Waals surface area contributed by atoms with Gasteiger partial charge in [0.1, 0.15) is 0 Å². The predicted octanol–water partition coefficient (Wildman–Crippen LogP) is 3.17. The Balaban J connectivity index is 2.70. The lowest BCUT2D eigenvalue weighted by molar-refractivity contribution is -0.122. The van der Waals surface area contributed by atoms with Gasteiger partial charge >= 0.3 is 0 Å². The van der Waals surface area contributed by atoms with Gasteiger partial charge in [0.25, 0.3) is 0 Å². The van der Waals surface area contributed by atoms with Crippen LogP contribution in [0.4, 0.5) is 0 Å². The molecule has 0 aromatic heterocycles. The molecule has 0 fully saturated rings. The molecule has 3 nitrogen and oxygen atoms in total. The summed E-state index contributed by atoms with van der Waals surface area (Å²) in [4.78, 5) is 11.6.